The summed E-state index contributed by atoms with van der Waals surface area (Å²) in [5.74, 6) is 0.965. The van der Waals surface area contributed by atoms with Gasteiger partial charge < -0.3 is 10.1 Å². The molecule has 0 bridgehead atoms. The predicted molar refractivity (Wildman–Crippen MR) is 72.9 cm³/mol. The number of rotatable bonds is 5. The maximum atomic E-state index is 11.3. The molecule has 0 heterocycles. The van der Waals surface area contributed by atoms with Crippen LogP contribution in [0.3, 0.4) is 0 Å². The van der Waals surface area contributed by atoms with Crippen LogP contribution in [0.25, 0.3) is 0 Å². The second-order valence-electron chi connectivity index (χ2n) is 4.61. The Labute approximate surface area is 109 Å². The van der Waals surface area contributed by atoms with Crippen molar-refractivity contribution < 1.29 is 9.53 Å². The molecule has 100 valence electrons. The molecule has 0 saturated carbocycles. The van der Waals surface area contributed by atoms with E-state index in [4.69, 9.17) is 4.74 Å². The molecular formula is C14H22N2O2. The number of aryl methyl sites for hydroxylation is 2. The lowest BCUT2D eigenvalue weighted by molar-refractivity contribution is -0.121. The second-order valence-corrected chi connectivity index (χ2v) is 4.61. The highest BCUT2D eigenvalue weighted by atomic mass is 16.5. The highest BCUT2D eigenvalue weighted by Crippen LogP contribution is 2.24. The summed E-state index contributed by atoms with van der Waals surface area (Å²) in [6, 6.07) is 4.21. The lowest BCUT2D eigenvalue weighted by Gasteiger charge is -2.17. The van der Waals surface area contributed by atoms with Gasteiger partial charge in [-0.15, -0.1) is 0 Å². The van der Waals surface area contributed by atoms with Gasteiger partial charge in [0, 0.05) is 13.6 Å². The third kappa shape index (κ3) is 3.74. The zero-order chi connectivity index (χ0) is 13.7. The monoisotopic (exact) mass is 250 g/mol. The van der Waals surface area contributed by atoms with Crippen LogP contribution in [0.1, 0.15) is 16.7 Å². The molecule has 4 nitrogen and oxygen atoms in total. The minimum Gasteiger partial charge on any atom is -0.496 e. The zero-order valence-corrected chi connectivity index (χ0v) is 11.8. The van der Waals surface area contributed by atoms with Crippen molar-refractivity contribution in [2.75, 3.05) is 27.7 Å². The average molecular weight is 250 g/mol. The van der Waals surface area contributed by atoms with E-state index in [1.165, 1.54) is 5.56 Å². The SMILES string of the molecule is CNC(=O)CN(C)Cc1cc(C)c(OC)c(C)c1. The smallest absolute Gasteiger partial charge is 0.233 e. The average Bonchev–Trinajstić information content (AvgIpc) is 2.28. The van der Waals surface area contributed by atoms with Gasteiger partial charge >= 0.3 is 0 Å². The zero-order valence-electron chi connectivity index (χ0n) is 11.8. The molecule has 1 N–H and O–H groups in total. The van der Waals surface area contributed by atoms with Crippen LogP contribution in [0.5, 0.6) is 5.75 Å². The number of carbonyl (C=O) groups is 1. The standard InChI is InChI=1S/C14H22N2O2/c1-10-6-12(7-11(2)14(10)18-5)8-16(4)9-13(17)15-3/h6-7H,8-9H2,1-5H3,(H,15,17). The Bertz CT molecular complexity index is 407. The number of amides is 1. The summed E-state index contributed by atoms with van der Waals surface area (Å²) in [5.41, 5.74) is 3.44. The van der Waals surface area contributed by atoms with Crippen LogP contribution in [-0.2, 0) is 11.3 Å². The van der Waals surface area contributed by atoms with Crippen LogP contribution in [0, 0.1) is 13.8 Å². The van der Waals surface area contributed by atoms with E-state index in [1.807, 2.05) is 25.8 Å². The third-order valence-corrected chi connectivity index (χ3v) is 2.87. The molecule has 0 atom stereocenters. The van der Waals surface area contributed by atoms with Crippen LogP contribution in [0.15, 0.2) is 12.1 Å². The van der Waals surface area contributed by atoms with Crippen molar-refractivity contribution in [3.05, 3.63) is 28.8 Å². The van der Waals surface area contributed by atoms with Gasteiger partial charge in [0.1, 0.15) is 5.75 Å². The number of nitrogens with zero attached hydrogens (tertiary/aromatic N) is 1. The van der Waals surface area contributed by atoms with Crippen LogP contribution in [0.2, 0.25) is 0 Å². The Morgan fingerprint density at radius 1 is 1.33 bits per heavy atom. The van der Waals surface area contributed by atoms with Gasteiger partial charge in [0.2, 0.25) is 5.91 Å². The minimum atomic E-state index is 0.0273. The summed E-state index contributed by atoms with van der Waals surface area (Å²) in [5, 5.41) is 2.62. The quantitative estimate of drug-likeness (QED) is 0.861. The van der Waals surface area contributed by atoms with E-state index in [9.17, 15) is 4.79 Å². The Hall–Kier alpha value is -1.55. The molecule has 0 aliphatic carbocycles. The molecule has 4 heteroatoms. The third-order valence-electron chi connectivity index (χ3n) is 2.87. The molecule has 0 fully saturated rings. The molecule has 18 heavy (non-hydrogen) atoms. The van der Waals surface area contributed by atoms with Gasteiger partial charge in [-0.25, -0.2) is 0 Å². The first-order valence-corrected chi connectivity index (χ1v) is 6.01. The Morgan fingerprint density at radius 2 is 1.89 bits per heavy atom. The first-order chi connectivity index (χ1) is 8.47. The number of carbonyl (C=O) groups excluding carboxylic acids is 1. The summed E-state index contributed by atoms with van der Waals surface area (Å²) >= 11 is 0. The van der Waals surface area contributed by atoms with E-state index in [0.29, 0.717) is 6.54 Å². The van der Waals surface area contributed by atoms with Gasteiger partial charge in [-0.3, -0.25) is 9.69 Å². The fraction of sp³-hybridized carbons (Fsp3) is 0.500. The lowest BCUT2D eigenvalue weighted by Crippen LogP contribution is -2.32. The number of benzene rings is 1. The van der Waals surface area contributed by atoms with Crippen molar-refractivity contribution in [1.82, 2.24) is 10.2 Å². The molecule has 0 saturated heterocycles. The summed E-state index contributed by atoms with van der Waals surface area (Å²) in [7, 11) is 5.27. The Balaban J connectivity index is 2.76. The van der Waals surface area contributed by atoms with Gasteiger partial charge in [-0.2, -0.15) is 0 Å². The number of hydrogen-bond acceptors (Lipinski definition) is 3. The van der Waals surface area contributed by atoms with Gasteiger partial charge in [0.15, 0.2) is 0 Å². The molecule has 0 radical (unpaired) electrons. The number of methoxy groups -OCH3 is 1. The van der Waals surface area contributed by atoms with Gasteiger partial charge in [-0.05, 0) is 37.6 Å². The fourth-order valence-electron chi connectivity index (χ4n) is 2.14. The van der Waals surface area contributed by atoms with Crippen molar-refractivity contribution in [2.45, 2.75) is 20.4 Å². The molecule has 1 aromatic carbocycles. The summed E-state index contributed by atoms with van der Waals surface area (Å²) < 4.78 is 5.34. The fourth-order valence-corrected chi connectivity index (χ4v) is 2.14. The largest absolute Gasteiger partial charge is 0.496 e. The summed E-state index contributed by atoms with van der Waals surface area (Å²) in [4.78, 5) is 13.3. The molecule has 0 aliphatic rings. The molecule has 1 rings (SSSR count). The molecular weight excluding hydrogens is 228 g/mol. The minimum absolute atomic E-state index is 0.0273. The van der Waals surface area contributed by atoms with Crippen molar-refractivity contribution in [3.63, 3.8) is 0 Å². The highest BCUT2D eigenvalue weighted by Gasteiger charge is 2.09. The Morgan fingerprint density at radius 3 is 2.33 bits per heavy atom. The van der Waals surface area contributed by atoms with E-state index in [0.717, 1.165) is 23.4 Å². The van der Waals surface area contributed by atoms with Gasteiger partial charge in [0.25, 0.3) is 0 Å². The second kappa shape index (κ2) is 6.40. The number of nitrogens with one attached hydrogen (secondary N) is 1. The highest BCUT2D eigenvalue weighted by molar-refractivity contribution is 5.77. The van der Waals surface area contributed by atoms with E-state index < -0.39 is 0 Å². The molecule has 0 spiro atoms. The lowest BCUT2D eigenvalue weighted by atomic mass is 10.1. The number of hydrogen-bond donors (Lipinski definition) is 1. The van der Waals surface area contributed by atoms with Crippen LogP contribution < -0.4 is 10.1 Å². The van der Waals surface area contributed by atoms with E-state index in [1.54, 1.807) is 14.2 Å². The number of likely N-dealkylation sites (N-methyl/N-ethyl adjacent to an activating group) is 2. The van der Waals surface area contributed by atoms with Crippen molar-refractivity contribution in [2.24, 2.45) is 0 Å². The first kappa shape index (κ1) is 14.5. The van der Waals surface area contributed by atoms with Crippen molar-refractivity contribution in [1.29, 1.82) is 0 Å². The summed E-state index contributed by atoms with van der Waals surface area (Å²) in [6.07, 6.45) is 0. The molecule has 0 aliphatic heterocycles. The van der Waals surface area contributed by atoms with Gasteiger partial charge in [0.05, 0.1) is 13.7 Å². The Kier molecular flexibility index (Phi) is 5.16. The van der Waals surface area contributed by atoms with E-state index >= 15 is 0 Å². The van der Waals surface area contributed by atoms with E-state index in [2.05, 4.69) is 17.4 Å². The predicted octanol–water partition coefficient (Wildman–Crippen LogP) is 1.49. The van der Waals surface area contributed by atoms with Crippen LogP contribution in [0.4, 0.5) is 0 Å². The van der Waals surface area contributed by atoms with Crippen molar-refractivity contribution >= 4 is 5.91 Å². The van der Waals surface area contributed by atoms with Gasteiger partial charge in [-0.1, -0.05) is 12.1 Å². The normalized spacial score (nSPS) is 10.6. The van der Waals surface area contributed by atoms with Crippen molar-refractivity contribution in [3.8, 4) is 5.75 Å². The summed E-state index contributed by atoms with van der Waals surface area (Å²) in [6.45, 7) is 5.22. The molecule has 1 aromatic rings. The maximum Gasteiger partial charge on any atom is 0.233 e. The first-order valence-electron chi connectivity index (χ1n) is 6.01. The van der Waals surface area contributed by atoms with Crippen LogP contribution >= 0.6 is 0 Å². The number of ether oxygens (including phenoxy) is 1. The van der Waals surface area contributed by atoms with Crippen LogP contribution in [-0.4, -0.2) is 38.6 Å². The molecule has 0 unspecified atom stereocenters. The molecule has 1 amide bonds. The van der Waals surface area contributed by atoms with E-state index in [-0.39, 0.29) is 5.91 Å². The maximum absolute atomic E-state index is 11.3. The molecule has 0 aromatic heterocycles. The topological polar surface area (TPSA) is 41.6 Å².